The zero-order valence-electron chi connectivity index (χ0n) is 19.0. The zero-order chi connectivity index (χ0) is 23.4. The molecule has 0 bridgehead atoms. The van der Waals surface area contributed by atoms with Gasteiger partial charge in [0.15, 0.2) is 5.11 Å². The molecule has 6 nitrogen and oxygen atoms in total. The van der Waals surface area contributed by atoms with Gasteiger partial charge in [-0.15, -0.1) is 0 Å². The summed E-state index contributed by atoms with van der Waals surface area (Å²) in [5.41, 5.74) is 3.27. The van der Waals surface area contributed by atoms with Crippen molar-refractivity contribution in [3.05, 3.63) is 71.5 Å². The fourth-order valence-corrected chi connectivity index (χ4v) is 4.32. The highest BCUT2D eigenvalue weighted by atomic mass is 32.1. The van der Waals surface area contributed by atoms with E-state index in [-0.39, 0.29) is 5.82 Å². The van der Waals surface area contributed by atoms with Gasteiger partial charge in [0.05, 0.1) is 18.7 Å². The SMILES string of the molecule is CCCCCN1C(=S)NC(c2cccc(F)c2)C(c2nc(-c3ccc(OC)cc3)no2)=C1C. The average molecular weight is 467 g/mol. The van der Waals surface area contributed by atoms with E-state index in [0.717, 1.165) is 54.0 Å². The van der Waals surface area contributed by atoms with Gasteiger partial charge in [-0.05, 0) is 67.5 Å². The highest BCUT2D eigenvalue weighted by molar-refractivity contribution is 7.80. The van der Waals surface area contributed by atoms with E-state index in [4.69, 9.17) is 21.5 Å². The monoisotopic (exact) mass is 466 g/mol. The van der Waals surface area contributed by atoms with E-state index in [1.54, 1.807) is 13.2 Å². The molecule has 0 saturated heterocycles. The van der Waals surface area contributed by atoms with Crippen molar-refractivity contribution in [1.29, 1.82) is 0 Å². The van der Waals surface area contributed by atoms with Gasteiger partial charge in [-0.3, -0.25) is 0 Å². The second kappa shape index (κ2) is 10.1. The van der Waals surface area contributed by atoms with Crippen LogP contribution in [-0.4, -0.2) is 33.8 Å². The minimum atomic E-state index is -0.403. The van der Waals surface area contributed by atoms with Crippen LogP contribution in [0.4, 0.5) is 4.39 Å². The van der Waals surface area contributed by atoms with E-state index in [2.05, 4.69) is 27.3 Å². The highest BCUT2D eigenvalue weighted by Crippen LogP contribution is 2.37. The van der Waals surface area contributed by atoms with Crippen LogP contribution in [0.15, 0.2) is 58.8 Å². The summed E-state index contributed by atoms with van der Waals surface area (Å²) < 4.78 is 25.0. The smallest absolute Gasteiger partial charge is 0.258 e. The molecule has 3 aromatic rings. The van der Waals surface area contributed by atoms with Crippen LogP contribution in [0.3, 0.4) is 0 Å². The van der Waals surface area contributed by atoms with Crippen molar-refractivity contribution in [3.8, 4) is 17.1 Å². The maximum absolute atomic E-state index is 14.1. The maximum atomic E-state index is 14.1. The summed E-state index contributed by atoms with van der Waals surface area (Å²) in [6, 6.07) is 13.5. The number of rotatable bonds is 8. The Morgan fingerprint density at radius 3 is 2.67 bits per heavy atom. The summed E-state index contributed by atoms with van der Waals surface area (Å²) in [6.45, 7) is 4.95. The summed E-state index contributed by atoms with van der Waals surface area (Å²) in [6.07, 6.45) is 3.23. The first-order valence-corrected chi connectivity index (χ1v) is 11.5. The Hall–Kier alpha value is -3.26. The van der Waals surface area contributed by atoms with Gasteiger partial charge in [-0.2, -0.15) is 4.98 Å². The molecule has 1 N–H and O–H groups in total. The molecule has 8 heteroatoms. The predicted octanol–water partition coefficient (Wildman–Crippen LogP) is 5.74. The van der Waals surface area contributed by atoms with E-state index in [9.17, 15) is 4.39 Å². The quantitative estimate of drug-likeness (QED) is 0.336. The Kier molecular flexibility index (Phi) is 7.03. The molecule has 4 rings (SSSR count). The van der Waals surface area contributed by atoms with Crippen molar-refractivity contribution >= 4 is 22.9 Å². The molecule has 0 fully saturated rings. The lowest BCUT2D eigenvalue weighted by Crippen LogP contribution is -2.46. The third-order valence-corrected chi connectivity index (χ3v) is 6.11. The molecule has 0 saturated carbocycles. The van der Waals surface area contributed by atoms with Crippen molar-refractivity contribution in [2.45, 2.75) is 39.2 Å². The van der Waals surface area contributed by atoms with Gasteiger partial charge in [0.2, 0.25) is 5.82 Å². The number of aromatic nitrogens is 2. The Morgan fingerprint density at radius 1 is 1.18 bits per heavy atom. The van der Waals surface area contributed by atoms with Gasteiger partial charge in [-0.1, -0.05) is 37.1 Å². The van der Waals surface area contributed by atoms with Crippen LogP contribution in [0.1, 0.15) is 50.6 Å². The number of unbranched alkanes of at least 4 members (excludes halogenated alkanes) is 2. The normalized spacial score (nSPS) is 16.2. The second-order valence-electron chi connectivity index (χ2n) is 7.95. The molecule has 33 heavy (non-hydrogen) atoms. The number of methoxy groups -OCH3 is 1. The molecule has 1 aliphatic rings. The standard InChI is InChI=1S/C25H27FN4O2S/c1-4-5-6-14-30-16(2)21(22(27-25(30)33)18-8-7-9-19(26)15-18)24-28-23(29-32-24)17-10-12-20(31-3)13-11-17/h7-13,15,22H,4-6,14H2,1-3H3,(H,27,33). The minimum Gasteiger partial charge on any atom is -0.497 e. The van der Waals surface area contributed by atoms with Crippen LogP contribution < -0.4 is 10.1 Å². The van der Waals surface area contributed by atoms with Crippen molar-refractivity contribution in [2.24, 2.45) is 0 Å². The first kappa shape index (κ1) is 22.9. The number of allylic oxidation sites excluding steroid dienone is 1. The summed E-state index contributed by atoms with van der Waals surface area (Å²) in [7, 11) is 1.62. The number of nitrogens with zero attached hydrogens (tertiary/aromatic N) is 3. The summed E-state index contributed by atoms with van der Waals surface area (Å²) in [5, 5.41) is 8.18. The molecule has 0 amide bonds. The van der Waals surface area contributed by atoms with E-state index < -0.39 is 6.04 Å². The number of thiocarbonyl (C=S) groups is 1. The molecule has 0 radical (unpaired) electrons. The lowest BCUT2D eigenvalue weighted by Gasteiger charge is -2.37. The molecule has 0 aliphatic carbocycles. The number of benzene rings is 2. The number of hydrogen-bond donors (Lipinski definition) is 1. The fourth-order valence-electron chi connectivity index (χ4n) is 3.97. The van der Waals surface area contributed by atoms with E-state index in [0.29, 0.717) is 16.8 Å². The Balaban J connectivity index is 1.75. The van der Waals surface area contributed by atoms with Crippen LogP contribution in [0, 0.1) is 5.82 Å². The van der Waals surface area contributed by atoms with Crippen LogP contribution in [0.5, 0.6) is 5.75 Å². The molecule has 172 valence electrons. The third-order valence-electron chi connectivity index (χ3n) is 5.77. The summed E-state index contributed by atoms with van der Waals surface area (Å²) >= 11 is 5.68. The number of nitrogens with one attached hydrogen (secondary N) is 1. The zero-order valence-corrected chi connectivity index (χ0v) is 19.8. The van der Waals surface area contributed by atoms with Gasteiger partial charge < -0.3 is 19.5 Å². The molecule has 1 atom stereocenters. The topological polar surface area (TPSA) is 63.4 Å². The second-order valence-corrected chi connectivity index (χ2v) is 8.33. The first-order chi connectivity index (χ1) is 16.0. The van der Waals surface area contributed by atoms with Crippen LogP contribution in [0.2, 0.25) is 0 Å². The number of ether oxygens (including phenoxy) is 1. The van der Waals surface area contributed by atoms with Gasteiger partial charge in [0.1, 0.15) is 11.6 Å². The van der Waals surface area contributed by atoms with Gasteiger partial charge in [-0.25, -0.2) is 4.39 Å². The Labute approximate surface area is 198 Å². The minimum absolute atomic E-state index is 0.313. The molecule has 1 unspecified atom stereocenters. The number of hydrogen-bond acceptors (Lipinski definition) is 5. The summed E-state index contributed by atoms with van der Waals surface area (Å²) in [5.74, 6) is 1.28. The average Bonchev–Trinajstić information content (AvgIpc) is 3.30. The van der Waals surface area contributed by atoms with Gasteiger partial charge >= 0.3 is 0 Å². The van der Waals surface area contributed by atoms with Gasteiger partial charge in [0, 0.05) is 17.8 Å². The van der Waals surface area contributed by atoms with Crippen molar-refractivity contribution in [1.82, 2.24) is 20.4 Å². The first-order valence-electron chi connectivity index (χ1n) is 11.0. The molecule has 0 spiro atoms. The Morgan fingerprint density at radius 2 is 1.97 bits per heavy atom. The lowest BCUT2D eigenvalue weighted by molar-refractivity contribution is 0.395. The molecule has 1 aromatic heterocycles. The molecule has 1 aliphatic heterocycles. The van der Waals surface area contributed by atoms with Crippen molar-refractivity contribution in [2.75, 3.05) is 13.7 Å². The number of halogens is 1. The predicted molar refractivity (Wildman–Crippen MR) is 130 cm³/mol. The maximum Gasteiger partial charge on any atom is 0.258 e. The summed E-state index contributed by atoms with van der Waals surface area (Å²) in [4.78, 5) is 6.75. The Bertz CT molecular complexity index is 1160. The van der Waals surface area contributed by atoms with Crippen molar-refractivity contribution in [3.63, 3.8) is 0 Å². The van der Waals surface area contributed by atoms with Gasteiger partial charge in [0.25, 0.3) is 5.89 Å². The fraction of sp³-hybridized carbons (Fsp3) is 0.320. The molecular formula is C25H27FN4O2S. The van der Waals surface area contributed by atoms with Crippen LogP contribution >= 0.6 is 12.2 Å². The van der Waals surface area contributed by atoms with Crippen LogP contribution in [-0.2, 0) is 0 Å². The van der Waals surface area contributed by atoms with E-state index >= 15 is 0 Å². The van der Waals surface area contributed by atoms with E-state index in [1.807, 2.05) is 37.3 Å². The molecule has 2 heterocycles. The highest BCUT2D eigenvalue weighted by Gasteiger charge is 2.34. The van der Waals surface area contributed by atoms with E-state index in [1.165, 1.54) is 12.1 Å². The molecule has 2 aromatic carbocycles. The molecular weight excluding hydrogens is 439 g/mol. The largest absolute Gasteiger partial charge is 0.497 e. The third kappa shape index (κ3) is 4.90. The lowest BCUT2D eigenvalue weighted by atomic mass is 9.94. The van der Waals surface area contributed by atoms with Crippen molar-refractivity contribution < 1.29 is 13.7 Å². The van der Waals surface area contributed by atoms with Crippen LogP contribution in [0.25, 0.3) is 17.0 Å².